The summed E-state index contributed by atoms with van der Waals surface area (Å²) in [4.78, 5) is 18.0. The molecule has 2 aromatic rings. The molecule has 1 aliphatic rings. The highest BCUT2D eigenvalue weighted by Gasteiger charge is 2.28. The molecule has 25 heavy (non-hydrogen) atoms. The average molecular weight is 357 g/mol. The van der Waals surface area contributed by atoms with Crippen LogP contribution in [0.15, 0.2) is 60.1 Å². The SMILES string of the molecule is O=C(c1ccccn1)N1CCN(S(=O)(=O)/C=C/c2ccccc2)CC1. The number of nitrogens with zero attached hydrogens (tertiary/aromatic N) is 3. The number of pyridine rings is 1. The minimum Gasteiger partial charge on any atom is -0.335 e. The summed E-state index contributed by atoms with van der Waals surface area (Å²) in [5.74, 6) is -0.169. The van der Waals surface area contributed by atoms with Crippen molar-refractivity contribution in [3.63, 3.8) is 0 Å². The number of sulfonamides is 1. The molecule has 130 valence electrons. The Bertz CT molecular complexity index is 844. The van der Waals surface area contributed by atoms with E-state index in [1.54, 1.807) is 35.4 Å². The Morgan fingerprint density at radius 3 is 2.28 bits per heavy atom. The van der Waals surface area contributed by atoms with Gasteiger partial charge in [-0.3, -0.25) is 9.78 Å². The van der Waals surface area contributed by atoms with Gasteiger partial charge in [-0.2, -0.15) is 4.31 Å². The summed E-state index contributed by atoms with van der Waals surface area (Å²) in [5.41, 5.74) is 1.21. The van der Waals surface area contributed by atoms with Crippen LogP contribution in [0, 0.1) is 0 Å². The smallest absolute Gasteiger partial charge is 0.272 e. The van der Waals surface area contributed by atoms with E-state index in [2.05, 4.69) is 4.98 Å². The van der Waals surface area contributed by atoms with Gasteiger partial charge in [-0.25, -0.2) is 8.42 Å². The predicted octanol–water partition coefficient (Wildman–Crippen LogP) is 1.84. The first kappa shape index (κ1) is 17.3. The van der Waals surface area contributed by atoms with Gasteiger partial charge in [-0.05, 0) is 23.8 Å². The Hall–Kier alpha value is -2.51. The molecule has 1 aliphatic heterocycles. The molecule has 1 amide bonds. The van der Waals surface area contributed by atoms with Crippen LogP contribution in [0.5, 0.6) is 0 Å². The molecule has 0 bridgehead atoms. The van der Waals surface area contributed by atoms with Gasteiger partial charge in [-0.1, -0.05) is 36.4 Å². The first-order chi connectivity index (χ1) is 12.1. The lowest BCUT2D eigenvalue weighted by atomic mass is 10.2. The van der Waals surface area contributed by atoms with E-state index in [1.165, 1.54) is 9.71 Å². The minimum absolute atomic E-state index is 0.169. The zero-order valence-corrected chi connectivity index (χ0v) is 14.5. The average Bonchev–Trinajstić information content (AvgIpc) is 2.67. The quantitative estimate of drug-likeness (QED) is 0.837. The van der Waals surface area contributed by atoms with Gasteiger partial charge in [0.1, 0.15) is 5.69 Å². The Labute approximate surface area is 147 Å². The van der Waals surface area contributed by atoms with E-state index in [1.807, 2.05) is 30.3 Å². The number of hydrogen-bond donors (Lipinski definition) is 0. The lowest BCUT2D eigenvalue weighted by Gasteiger charge is -2.33. The Balaban J connectivity index is 1.61. The van der Waals surface area contributed by atoms with Crippen LogP contribution in [0.25, 0.3) is 6.08 Å². The highest BCUT2D eigenvalue weighted by Crippen LogP contribution is 2.13. The van der Waals surface area contributed by atoms with Crippen LogP contribution in [0.1, 0.15) is 16.1 Å². The summed E-state index contributed by atoms with van der Waals surface area (Å²) >= 11 is 0. The number of benzene rings is 1. The fourth-order valence-corrected chi connectivity index (χ4v) is 3.79. The van der Waals surface area contributed by atoms with Crippen LogP contribution < -0.4 is 0 Å². The highest BCUT2D eigenvalue weighted by atomic mass is 32.2. The summed E-state index contributed by atoms with van der Waals surface area (Å²) in [6, 6.07) is 14.4. The second kappa shape index (κ2) is 7.58. The highest BCUT2D eigenvalue weighted by molar-refractivity contribution is 7.92. The monoisotopic (exact) mass is 357 g/mol. The Kier molecular flexibility index (Phi) is 5.25. The molecule has 3 rings (SSSR count). The zero-order valence-electron chi connectivity index (χ0n) is 13.7. The molecule has 0 spiro atoms. The molecule has 0 radical (unpaired) electrons. The molecule has 1 fully saturated rings. The third-order valence-corrected chi connectivity index (χ3v) is 5.57. The molecular formula is C18H19N3O3S. The number of carbonyl (C=O) groups excluding carboxylic acids is 1. The largest absolute Gasteiger partial charge is 0.335 e. The van der Waals surface area contributed by atoms with Gasteiger partial charge in [0.15, 0.2) is 0 Å². The van der Waals surface area contributed by atoms with Crippen molar-refractivity contribution in [1.82, 2.24) is 14.2 Å². The fourth-order valence-electron chi connectivity index (χ4n) is 2.61. The van der Waals surface area contributed by atoms with Crippen molar-refractivity contribution >= 4 is 22.0 Å². The van der Waals surface area contributed by atoms with E-state index in [0.717, 1.165) is 5.56 Å². The molecule has 1 aromatic carbocycles. The Morgan fingerprint density at radius 1 is 0.960 bits per heavy atom. The maximum Gasteiger partial charge on any atom is 0.272 e. The summed E-state index contributed by atoms with van der Waals surface area (Å²) < 4.78 is 26.3. The third kappa shape index (κ3) is 4.32. The first-order valence-corrected chi connectivity index (χ1v) is 9.50. The molecule has 1 saturated heterocycles. The first-order valence-electron chi connectivity index (χ1n) is 8.00. The van der Waals surface area contributed by atoms with Gasteiger partial charge in [0.05, 0.1) is 0 Å². The molecular weight excluding hydrogens is 338 g/mol. The number of aromatic nitrogens is 1. The number of amides is 1. The molecule has 0 atom stereocenters. The second-order valence-corrected chi connectivity index (χ2v) is 7.48. The predicted molar refractivity (Wildman–Crippen MR) is 96.1 cm³/mol. The van der Waals surface area contributed by atoms with Crippen LogP contribution in [0.2, 0.25) is 0 Å². The van der Waals surface area contributed by atoms with E-state index in [4.69, 9.17) is 0 Å². The van der Waals surface area contributed by atoms with Crippen molar-refractivity contribution in [1.29, 1.82) is 0 Å². The van der Waals surface area contributed by atoms with Crippen LogP contribution in [-0.2, 0) is 10.0 Å². The molecule has 0 unspecified atom stereocenters. The molecule has 1 aromatic heterocycles. The van der Waals surface area contributed by atoms with E-state index in [-0.39, 0.29) is 19.0 Å². The topological polar surface area (TPSA) is 70.6 Å². The summed E-state index contributed by atoms with van der Waals surface area (Å²) in [6.07, 6.45) is 3.16. The molecule has 6 nitrogen and oxygen atoms in total. The lowest BCUT2D eigenvalue weighted by molar-refractivity contribution is 0.0692. The maximum absolute atomic E-state index is 12.4. The summed E-state index contributed by atoms with van der Waals surface area (Å²) in [7, 11) is -3.50. The van der Waals surface area contributed by atoms with E-state index < -0.39 is 10.0 Å². The van der Waals surface area contributed by atoms with E-state index >= 15 is 0 Å². The van der Waals surface area contributed by atoms with Crippen molar-refractivity contribution in [2.75, 3.05) is 26.2 Å². The van der Waals surface area contributed by atoms with Gasteiger partial charge in [0, 0.05) is 37.8 Å². The van der Waals surface area contributed by atoms with Crippen LogP contribution in [-0.4, -0.2) is 54.7 Å². The van der Waals surface area contributed by atoms with Gasteiger partial charge >= 0.3 is 0 Å². The van der Waals surface area contributed by atoms with Gasteiger partial charge in [0.25, 0.3) is 5.91 Å². The molecule has 2 heterocycles. The normalized spacial score (nSPS) is 16.2. The third-order valence-electron chi connectivity index (χ3n) is 4.00. The van der Waals surface area contributed by atoms with E-state index in [9.17, 15) is 13.2 Å². The lowest BCUT2D eigenvalue weighted by Crippen LogP contribution is -2.50. The number of carbonyl (C=O) groups is 1. The number of rotatable bonds is 4. The Morgan fingerprint density at radius 2 is 1.64 bits per heavy atom. The molecule has 7 heteroatoms. The van der Waals surface area contributed by atoms with Crippen molar-refractivity contribution in [3.8, 4) is 0 Å². The fraction of sp³-hybridized carbons (Fsp3) is 0.222. The number of hydrogen-bond acceptors (Lipinski definition) is 4. The zero-order chi connectivity index (χ0) is 17.7. The van der Waals surface area contributed by atoms with Gasteiger partial charge in [0.2, 0.25) is 10.0 Å². The minimum atomic E-state index is -3.50. The number of piperazine rings is 1. The van der Waals surface area contributed by atoms with Crippen molar-refractivity contribution in [2.24, 2.45) is 0 Å². The molecule has 0 N–H and O–H groups in total. The molecule has 0 saturated carbocycles. The van der Waals surface area contributed by atoms with Crippen LogP contribution >= 0.6 is 0 Å². The van der Waals surface area contributed by atoms with Crippen molar-refractivity contribution in [3.05, 3.63) is 71.4 Å². The summed E-state index contributed by atoms with van der Waals surface area (Å²) in [6.45, 7) is 1.27. The van der Waals surface area contributed by atoms with Crippen molar-refractivity contribution < 1.29 is 13.2 Å². The van der Waals surface area contributed by atoms with Gasteiger partial charge < -0.3 is 4.90 Å². The second-order valence-electron chi connectivity index (χ2n) is 5.66. The summed E-state index contributed by atoms with van der Waals surface area (Å²) in [5, 5.41) is 1.22. The maximum atomic E-state index is 12.4. The molecule has 0 aliphatic carbocycles. The van der Waals surface area contributed by atoms with Crippen molar-refractivity contribution in [2.45, 2.75) is 0 Å². The van der Waals surface area contributed by atoms with Crippen LogP contribution in [0.4, 0.5) is 0 Å². The van der Waals surface area contributed by atoms with Gasteiger partial charge in [-0.15, -0.1) is 0 Å². The van der Waals surface area contributed by atoms with Crippen LogP contribution in [0.3, 0.4) is 0 Å². The van der Waals surface area contributed by atoms with E-state index in [0.29, 0.717) is 18.8 Å². The standard InChI is InChI=1S/C18H19N3O3S/c22-18(17-8-4-5-10-19-17)20-11-13-21(14-12-20)25(23,24)15-9-16-6-2-1-3-7-16/h1-10,15H,11-14H2/b15-9+.